The monoisotopic (exact) mass is 144 g/mol. The largest absolute Gasteiger partial charge is 0.288 e. The van der Waals surface area contributed by atoms with E-state index in [9.17, 15) is 0 Å². The topological polar surface area (TPSA) is 24.7 Å². The van der Waals surface area contributed by atoms with E-state index in [0.717, 1.165) is 6.54 Å². The van der Waals surface area contributed by atoms with Crippen LogP contribution in [0.3, 0.4) is 0 Å². The first-order chi connectivity index (χ1) is 5.47. The van der Waals surface area contributed by atoms with Gasteiger partial charge < -0.3 is 0 Å². The van der Waals surface area contributed by atoms with Crippen molar-refractivity contribution >= 4 is 12.4 Å². The van der Waals surface area contributed by atoms with E-state index >= 15 is 0 Å². The van der Waals surface area contributed by atoms with Crippen molar-refractivity contribution in [2.45, 2.75) is 0 Å². The average Bonchev–Trinajstić information content (AvgIpc) is 2.12. The van der Waals surface area contributed by atoms with Crippen molar-refractivity contribution < 1.29 is 0 Å². The molecule has 0 N–H and O–H groups in total. The lowest BCUT2D eigenvalue weighted by atomic mass is 10.1. The van der Waals surface area contributed by atoms with Gasteiger partial charge in [0.1, 0.15) is 0 Å². The zero-order chi connectivity index (χ0) is 7.52. The van der Waals surface area contributed by atoms with Crippen LogP contribution in [0, 0.1) is 0 Å². The lowest BCUT2D eigenvalue weighted by Crippen LogP contribution is -1.99. The van der Waals surface area contributed by atoms with Gasteiger partial charge in [-0.25, -0.2) is 0 Å². The molecule has 0 fully saturated rings. The summed E-state index contributed by atoms with van der Waals surface area (Å²) in [5, 5.41) is 0. The van der Waals surface area contributed by atoms with Crippen molar-refractivity contribution in [2.24, 2.45) is 9.98 Å². The number of aliphatic imine (C=N–C) groups is 2. The summed E-state index contributed by atoms with van der Waals surface area (Å²) in [6, 6.07) is 0. The van der Waals surface area contributed by atoms with E-state index < -0.39 is 0 Å². The standard InChI is InChI=1S/C9H8N2/c1-2-4-10-5-8(3-1)9-6-11-7-9/h1-4,6-7H,5H2. The average molecular weight is 144 g/mol. The van der Waals surface area contributed by atoms with Gasteiger partial charge in [-0.15, -0.1) is 0 Å². The Balaban J connectivity index is 2.19. The number of hydrogen-bond acceptors (Lipinski definition) is 2. The highest BCUT2D eigenvalue weighted by Crippen LogP contribution is 2.14. The first kappa shape index (κ1) is 6.28. The summed E-state index contributed by atoms with van der Waals surface area (Å²) in [7, 11) is 0. The Hall–Kier alpha value is -1.44. The molecule has 2 heteroatoms. The van der Waals surface area contributed by atoms with Gasteiger partial charge >= 0.3 is 0 Å². The maximum Gasteiger partial charge on any atom is 0.0646 e. The summed E-state index contributed by atoms with van der Waals surface area (Å²) >= 11 is 0. The van der Waals surface area contributed by atoms with Crippen LogP contribution < -0.4 is 0 Å². The summed E-state index contributed by atoms with van der Waals surface area (Å²) in [4.78, 5) is 8.07. The summed E-state index contributed by atoms with van der Waals surface area (Å²) in [5.41, 5.74) is 2.44. The van der Waals surface area contributed by atoms with Crippen molar-refractivity contribution in [3.63, 3.8) is 0 Å². The first-order valence-corrected chi connectivity index (χ1v) is 3.56. The summed E-state index contributed by atoms with van der Waals surface area (Å²) in [6.07, 6.45) is 11.5. The highest BCUT2D eigenvalue weighted by molar-refractivity contribution is 5.90. The fourth-order valence-corrected chi connectivity index (χ4v) is 0.988. The van der Waals surface area contributed by atoms with Gasteiger partial charge in [0.05, 0.1) is 6.54 Å². The van der Waals surface area contributed by atoms with Gasteiger partial charge in [0.15, 0.2) is 0 Å². The molecule has 0 aromatic carbocycles. The van der Waals surface area contributed by atoms with Crippen LogP contribution in [0.1, 0.15) is 0 Å². The number of allylic oxidation sites excluding steroid dienone is 3. The van der Waals surface area contributed by atoms with Crippen LogP contribution in [-0.4, -0.2) is 19.0 Å². The van der Waals surface area contributed by atoms with Crippen LogP contribution in [0.15, 0.2) is 45.6 Å². The predicted octanol–water partition coefficient (Wildman–Crippen LogP) is 1.52. The maximum absolute atomic E-state index is 4.17. The number of rotatable bonds is 1. The van der Waals surface area contributed by atoms with E-state index in [-0.39, 0.29) is 0 Å². The van der Waals surface area contributed by atoms with Crippen LogP contribution in [0.2, 0.25) is 0 Å². The molecule has 0 aromatic rings. The van der Waals surface area contributed by atoms with E-state index in [0.29, 0.717) is 0 Å². The Kier molecular flexibility index (Phi) is 1.52. The molecular formula is C9H8N2. The Morgan fingerprint density at radius 3 is 2.91 bits per heavy atom. The van der Waals surface area contributed by atoms with Gasteiger partial charge in [-0.3, -0.25) is 9.98 Å². The zero-order valence-electron chi connectivity index (χ0n) is 6.07. The van der Waals surface area contributed by atoms with Crippen LogP contribution in [0.25, 0.3) is 0 Å². The van der Waals surface area contributed by atoms with Crippen molar-refractivity contribution in [3.05, 3.63) is 35.6 Å². The minimum absolute atomic E-state index is 0.769. The molecule has 0 radical (unpaired) electrons. The van der Waals surface area contributed by atoms with Crippen LogP contribution in [-0.2, 0) is 0 Å². The second kappa shape index (κ2) is 2.66. The van der Waals surface area contributed by atoms with Crippen LogP contribution in [0.4, 0.5) is 0 Å². The van der Waals surface area contributed by atoms with E-state index in [2.05, 4.69) is 16.1 Å². The molecule has 0 amide bonds. The second-order valence-corrected chi connectivity index (χ2v) is 2.43. The molecule has 2 nitrogen and oxygen atoms in total. The molecule has 0 aromatic heterocycles. The third kappa shape index (κ3) is 1.19. The van der Waals surface area contributed by atoms with Gasteiger partial charge in [-0.1, -0.05) is 12.2 Å². The Labute approximate surface area is 65.4 Å². The maximum atomic E-state index is 4.17. The van der Waals surface area contributed by atoms with Crippen molar-refractivity contribution in [3.8, 4) is 0 Å². The van der Waals surface area contributed by atoms with Gasteiger partial charge in [-0.2, -0.15) is 0 Å². The molecule has 0 saturated heterocycles. The van der Waals surface area contributed by atoms with E-state index in [1.807, 2.05) is 30.8 Å². The fraction of sp³-hybridized carbons (Fsp3) is 0.111. The molecule has 2 rings (SSSR count). The first-order valence-electron chi connectivity index (χ1n) is 3.56. The van der Waals surface area contributed by atoms with Gasteiger partial charge in [0, 0.05) is 24.2 Å². The lowest BCUT2D eigenvalue weighted by Gasteiger charge is -2.07. The third-order valence-corrected chi connectivity index (χ3v) is 1.66. The quantitative estimate of drug-likeness (QED) is 0.533. The molecule has 2 heterocycles. The summed E-state index contributed by atoms with van der Waals surface area (Å²) in [5.74, 6) is 0. The number of hydrogen-bond donors (Lipinski definition) is 0. The van der Waals surface area contributed by atoms with Crippen LogP contribution >= 0.6 is 0 Å². The van der Waals surface area contributed by atoms with Crippen LogP contribution in [0.5, 0.6) is 0 Å². The highest BCUT2D eigenvalue weighted by Gasteiger charge is 2.05. The normalized spacial score (nSPS) is 20.4. The van der Waals surface area contributed by atoms with E-state index in [1.165, 1.54) is 11.1 Å². The Morgan fingerprint density at radius 1 is 1.27 bits per heavy atom. The minimum Gasteiger partial charge on any atom is -0.288 e. The van der Waals surface area contributed by atoms with Crippen molar-refractivity contribution in [1.82, 2.24) is 0 Å². The zero-order valence-corrected chi connectivity index (χ0v) is 6.07. The third-order valence-electron chi connectivity index (χ3n) is 1.66. The molecule has 0 atom stereocenters. The van der Waals surface area contributed by atoms with Gasteiger partial charge in [-0.05, 0) is 11.6 Å². The van der Waals surface area contributed by atoms with Gasteiger partial charge in [0.2, 0.25) is 0 Å². The Morgan fingerprint density at radius 2 is 2.18 bits per heavy atom. The van der Waals surface area contributed by atoms with Crippen molar-refractivity contribution in [1.29, 1.82) is 0 Å². The minimum atomic E-state index is 0.769. The molecule has 0 spiro atoms. The lowest BCUT2D eigenvalue weighted by molar-refractivity contribution is 1.17. The number of nitrogens with zero attached hydrogens (tertiary/aromatic N) is 2. The molecule has 2 aliphatic heterocycles. The molecule has 0 saturated carbocycles. The SMILES string of the molecule is C1=CC=C(C2=CN=C2)CN=C1. The van der Waals surface area contributed by atoms with Crippen molar-refractivity contribution in [2.75, 3.05) is 6.54 Å². The second-order valence-electron chi connectivity index (χ2n) is 2.43. The van der Waals surface area contributed by atoms with E-state index in [4.69, 9.17) is 0 Å². The molecular weight excluding hydrogens is 136 g/mol. The molecule has 0 aliphatic carbocycles. The summed E-state index contributed by atoms with van der Waals surface area (Å²) < 4.78 is 0. The molecule has 54 valence electrons. The predicted molar refractivity (Wildman–Crippen MR) is 47.2 cm³/mol. The van der Waals surface area contributed by atoms with E-state index in [1.54, 1.807) is 0 Å². The van der Waals surface area contributed by atoms with Gasteiger partial charge in [0.25, 0.3) is 0 Å². The molecule has 11 heavy (non-hydrogen) atoms. The molecule has 0 unspecified atom stereocenters. The molecule has 2 aliphatic rings. The fourth-order valence-electron chi connectivity index (χ4n) is 0.988. The summed E-state index contributed by atoms with van der Waals surface area (Å²) in [6.45, 7) is 0.769. The smallest absolute Gasteiger partial charge is 0.0646 e. The highest BCUT2D eigenvalue weighted by atomic mass is 14.8. The Bertz CT molecular complexity index is 304. The molecule has 0 bridgehead atoms.